The van der Waals surface area contributed by atoms with Crippen molar-refractivity contribution in [2.75, 3.05) is 37.7 Å². The van der Waals surface area contributed by atoms with Crippen molar-refractivity contribution in [1.29, 1.82) is 0 Å². The predicted octanol–water partition coefficient (Wildman–Crippen LogP) is 0.965. The average Bonchev–Trinajstić information content (AvgIpc) is 3.04. The van der Waals surface area contributed by atoms with Gasteiger partial charge in [-0.15, -0.1) is 0 Å². The van der Waals surface area contributed by atoms with Gasteiger partial charge in [-0.3, -0.25) is 14.4 Å². The number of anilines is 1. The van der Waals surface area contributed by atoms with E-state index >= 15 is 0 Å². The molecule has 1 atom stereocenters. The molecule has 1 unspecified atom stereocenters. The molecule has 27 heavy (non-hydrogen) atoms. The number of rotatable bonds is 6. The van der Waals surface area contributed by atoms with Crippen LogP contribution >= 0.6 is 0 Å². The van der Waals surface area contributed by atoms with E-state index in [2.05, 4.69) is 11.4 Å². The first-order valence-corrected chi connectivity index (χ1v) is 9.51. The molecule has 1 N–H and O–H groups in total. The smallest absolute Gasteiger partial charge is 0.308 e. The molecule has 1 fully saturated rings. The predicted molar refractivity (Wildman–Crippen MR) is 101 cm³/mol. The lowest BCUT2D eigenvalue weighted by Crippen LogP contribution is -2.59. The number of nitrogens with zero attached hydrogens (tertiary/aromatic N) is 2. The number of esters is 1. The van der Waals surface area contributed by atoms with Crippen LogP contribution in [0.25, 0.3) is 0 Å². The molecule has 1 aromatic carbocycles. The summed E-state index contributed by atoms with van der Waals surface area (Å²) >= 11 is 0. The Balaban J connectivity index is 1.64. The Labute approximate surface area is 159 Å². The zero-order valence-electron chi connectivity index (χ0n) is 15.9. The van der Waals surface area contributed by atoms with E-state index in [1.807, 2.05) is 36.9 Å². The van der Waals surface area contributed by atoms with Gasteiger partial charge in [-0.05, 0) is 24.0 Å². The summed E-state index contributed by atoms with van der Waals surface area (Å²) in [5, 5.41) is 2.74. The van der Waals surface area contributed by atoms with Gasteiger partial charge in [0.1, 0.15) is 6.04 Å². The highest BCUT2D eigenvalue weighted by Crippen LogP contribution is 2.27. The van der Waals surface area contributed by atoms with Gasteiger partial charge in [-0.2, -0.15) is 0 Å². The molecule has 3 rings (SSSR count). The second-order valence-electron chi connectivity index (χ2n) is 7.48. The van der Waals surface area contributed by atoms with Crippen molar-refractivity contribution in [3.63, 3.8) is 0 Å². The second-order valence-corrected chi connectivity index (χ2v) is 7.48. The van der Waals surface area contributed by atoms with Gasteiger partial charge in [0.2, 0.25) is 11.8 Å². The first kappa shape index (κ1) is 19.2. The Morgan fingerprint density at radius 1 is 1.26 bits per heavy atom. The van der Waals surface area contributed by atoms with Crippen molar-refractivity contribution < 1.29 is 19.1 Å². The third kappa shape index (κ3) is 4.59. The molecule has 0 aliphatic carbocycles. The van der Waals surface area contributed by atoms with Gasteiger partial charge in [-0.1, -0.05) is 32.0 Å². The minimum absolute atomic E-state index is 0.110. The van der Waals surface area contributed by atoms with E-state index in [1.54, 1.807) is 0 Å². The fraction of sp³-hybridized carbons (Fsp3) is 0.550. The van der Waals surface area contributed by atoms with Crippen LogP contribution in [0.4, 0.5) is 5.69 Å². The van der Waals surface area contributed by atoms with E-state index in [1.165, 1.54) is 10.5 Å². The molecule has 0 spiro atoms. The molecule has 0 radical (unpaired) electrons. The van der Waals surface area contributed by atoms with Crippen LogP contribution in [0.15, 0.2) is 24.3 Å². The molecule has 7 nitrogen and oxygen atoms in total. The largest absolute Gasteiger partial charge is 0.465 e. The number of carbonyl (C=O) groups excluding carboxylic acids is 3. The molecular formula is C20H27N3O4. The van der Waals surface area contributed by atoms with Crippen molar-refractivity contribution in [1.82, 2.24) is 10.2 Å². The summed E-state index contributed by atoms with van der Waals surface area (Å²) in [5.41, 5.74) is 2.30. The third-order valence-corrected chi connectivity index (χ3v) is 4.90. The van der Waals surface area contributed by atoms with Crippen molar-refractivity contribution in [2.45, 2.75) is 32.7 Å². The molecule has 2 heterocycles. The summed E-state index contributed by atoms with van der Waals surface area (Å²) in [7, 11) is 0. The fourth-order valence-electron chi connectivity index (χ4n) is 3.52. The van der Waals surface area contributed by atoms with Gasteiger partial charge < -0.3 is 19.9 Å². The molecule has 7 heteroatoms. The number of nitrogens with one attached hydrogen (secondary N) is 1. The van der Waals surface area contributed by atoms with E-state index in [0.29, 0.717) is 19.7 Å². The van der Waals surface area contributed by atoms with Crippen LogP contribution in [0.2, 0.25) is 0 Å². The van der Waals surface area contributed by atoms with Gasteiger partial charge in [-0.25, -0.2) is 0 Å². The third-order valence-electron chi connectivity index (χ3n) is 4.90. The van der Waals surface area contributed by atoms with E-state index in [9.17, 15) is 14.4 Å². The number of ether oxygens (including phenoxy) is 1. The number of piperazine rings is 1. The van der Waals surface area contributed by atoms with E-state index < -0.39 is 12.0 Å². The maximum absolute atomic E-state index is 12.9. The highest BCUT2D eigenvalue weighted by atomic mass is 16.5. The molecule has 2 amide bonds. The molecule has 0 saturated carbocycles. The summed E-state index contributed by atoms with van der Waals surface area (Å²) in [4.78, 5) is 40.9. The normalized spacial score (nSPS) is 19.1. The Kier molecular flexibility index (Phi) is 5.98. The van der Waals surface area contributed by atoms with E-state index in [-0.39, 0.29) is 30.7 Å². The Hall–Kier alpha value is -2.57. The van der Waals surface area contributed by atoms with Crippen LogP contribution in [-0.4, -0.2) is 61.5 Å². The maximum atomic E-state index is 12.9. The first-order valence-electron chi connectivity index (χ1n) is 9.51. The Bertz CT molecular complexity index is 719. The standard InChI is InChI=1S/C20H27N3O4/c1-14(2)13-27-19(25)11-17-20(26)21-8-10-23(17)18(24)12-22-9-7-15-5-3-4-6-16(15)22/h3-6,14,17H,7-13H2,1-2H3,(H,21,26). The highest BCUT2D eigenvalue weighted by Gasteiger charge is 2.36. The van der Waals surface area contributed by atoms with Crippen molar-refractivity contribution >= 4 is 23.5 Å². The minimum atomic E-state index is -0.802. The number of amides is 2. The Morgan fingerprint density at radius 2 is 2.04 bits per heavy atom. The monoisotopic (exact) mass is 373 g/mol. The number of carbonyl (C=O) groups is 3. The van der Waals surface area contributed by atoms with Crippen LogP contribution in [0.1, 0.15) is 25.8 Å². The van der Waals surface area contributed by atoms with Crippen molar-refractivity contribution in [3.05, 3.63) is 29.8 Å². The number of para-hydroxylation sites is 1. The second kappa shape index (κ2) is 8.41. The lowest BCUT2D eigenvalue weighted by Gasteiger charge is -2.35. The Morgan fingerprint density at radius 3 is 2.81 bits per heavy atom. The lowest BCUT2D eigenvalue weighted by molar-refractivity contribution is -0.152. The summed E-state index contributed by atoms with van der Waals surface area (Å²) in [6.07, 6.45) is 0.801. The molecule has 0 bridgehead atoms. The van der Waals surface area contributed by atoms with Crippen LogP contribution < -0.4 is 10.2 Å². The number of hydrogen-bond acceptors (Lipinski definition) is 5. The minimum Gasteiger partial charge on any atom is -0.465 e. The van der Waals surface area contributed by atoms with Gasteiger partial charge >= 0.3 is 5.97 Å². The number of benzene rings is 1. The van der Waals surface area contributed by atoms with Crippen molar-refractivity contribution in [3.8, 4) is 0 Å². The van der Waals surface area contributed by atoms with Gasteiger partial charge in [0, 0.05) is 25.3 Å². The topological polar surface area (TPSA) is 79.0 Å². The molecule has 2 aliphatic rings. The molecule has 146 valence electrons. The zero-order chi connectivity index (χ0) is 19.4. The van der Waals surface area contributed by atoms with Crippen LogP contribution in [0, 0.1) is 5.92 Å². The summed E-state index contributed by atoms with van der Waals surface area (Å²) < 4.78 is 5.20. The molecular weight excluding hydrogens is 346 g/mol. The van der Waals surface area contributed by atoms with Gasteiger partial charge in [0.05, 0.1) is 19.6 Å². The summed E-state index contributed by atoms with van der Waals surface area (Å²) in [6, 6.07) is 7.24. The number of fused-ring (bicyclic) bond motifs is 1. The SMILES string of the molecule is CC(C)COC(=O)CC1C(=O)NCCN1C(=O)CN1CCc2ccccc21. The number of hydrogen-bond donors (Lipinski definition) is 1. The van der Waals surface area contributed by atoms with Crippen molar-refractivity contribution in [2.24, 2.45) is 5.92 Å². The van der Waals surface area contributed by atoms with Gasteiger partial charge in [0.15, 0.2) is 0 Å². The quantitative estimate of drug-likeness (QED) is 0.752. The van der Waals surface area contributed by atoms with Crippen LogP contribution in [0.5, 0.6) is 0 Å². The highest BCUT2D eigenvalue weighted by molar-refractivity contribution is 5.93. The first-order chi connectivity index (χ1) is 13.0. The van der Waals surface area contributed by atoms with Crippen LogP contribution in [0.3, 0.4) is 0 Å². The molecule has 2 aliphatic heterocycles. The molecule has 1 saturated heterocycles. The zero-order valence-corrected chi connectivity index (χ0v) is 15.9. The maximum Gasteiger partial charge on any atom is 0.308 e. The fourth-order valence-corrected chi connectivity index (χ4v) is 3.52. The lowest BCUT2D eigenvalue weighted by atomic mass is 10.1. The van der Waals surface area contributed by atoms with Gasteiger partial charge in [0.25, 0.3) is 0 Å². The van der Waals surface area contributed by atoms with E-state index in [0.717, 1.165) is 18.7 Å². The van der Waals surface area contributed by atoms with E-state index in [4.69, 9.17) is 4.74 Å². The summed E-state index contributed by atoms with van der Waals surface area (Å²) in [5.74, 6) is -0.654. The average molecular weight is 373 g/mol. The summed E-state index contributed by atoms with van der Waals surface area (Å²) in [6.45, 7) is 6.01. The molecule has 1 aromatic rings. The molecule has 0 aromatic heterocycles. The van der Waals surface area contributed by atoms with Crippen LogP contribution in [-0.2, 0) is 25.5 Å².